The highest BCUT2D eigenvalue weighted by atomic mass is 16.4. The monoisotopic (exact) mass is 280 g/mol. The predicted octanol–water partition coefficient (Wildman–Crippen LogP) is 1.25. The van der Waals surface area contributed by atoms with Gasteiger partial charge >= 0.3 is 11.9 Å². The second-order valence-electron chi connectivity index (χ2n) is 5.48. The van der Waals surface area contributed by atoms with E-state index in [0.29, 0.717) is 24.5 Å². The van der Waals surface area contributed by atoms with E-state index in [9.17, 15) is 9.59 Å². The van der Waals surface area contributed by atoms with Crippen molar-refractivity contribution in [2.45, 2.75) is 52.9 Å². The molecule has 1 aromatic rings. The van der Waals surface area contributed by atoms with Crippen LogP contribution in [0.2, 0.25) is 0 Å². The molecular formula is C13H20N4O3. The van der Waals surface area contributed by atoms with E-state index in [1.807, 2.05) is 27.7 Å². The van der Waals surface area contributed by atoms with Gasteiger partial charge in [0.1, 0.15) is 11.5 Å². The summed E-state index contributed by atoms with van der Waals surface area (Å²) in [5.74, 6) is 0.318. The van der Waals surface area contributed by atoms with Crippen LogP contribution in [-0.4, -0.2) is 33.9 Å². The topological polar surface area (TPSA) is 87.5 Å². The molecule has 0 saturated carbocycles. The number of urea groups is 1. The van der Waals surface area contributed by atoms with Crippen molar-refractivity contribution in [1.29, 1.82) is 0 Å². The number of amides is 3. The fraction of sp³-hybridized carbons (Fsp3) is 0.615. The minimum atomic E-state index is -0.326. The molecular weight excluding hydrogens is 260 g/mol. The van der Waals surface area contributed by atoms with E-state index in [1.165, 1.54) is 0 Å². The van der Waals surface area contributed by atoms with Gasteiger partial charge in [-0.1, -0.05) is 0 Å². The number of rotatable bonds is 3. The first-order chi connectivity index (χ1) is 9.36. The molecule has 1 aliphatic rings. The maximum Gasteiger partial charge on any atom is 0.318 e. The minimum absolute atomic E-state index is 0.0255. The largest absolute Gasteiger partial charge is 0.435 e. The van der Waals surface area contributed by atoms with E-state index >= 15 is 0 Å². The van der Waals surface area contributed by atoms with Gasteiger partial charge in [-0.25, -0.2) is 9.78 Å². The van der Waals surface area contributed by atoms with E-state index in [-0.39, 0.29) is 29.9 Å². The smallest absolute Gasteiger partial charge is 0.318 e. The van der Waals surface area contributed by atoms with Gasteiger partial charge < -0.3 is 20.0 Å². The minimum Gasteiger partial charge on any atom is -0.435 e. The summed E-state index contributed by atoms with van der Waals surface area (Å²) < 4.78 is 5.43. The molecule has 0 saturated heterocycles. The molecule has 0 spiro atoms. The van der Waals surface area contributed by atoms with Gasteiger partial charge in [0.25, 0.3) is 5.89 Å². The number of nitrogens with one attached hydrogen (secondary N) is 2. The Morgan fingerprint density at radius 1 is 1.15 bits per heavy atom. The third-order valence-corrected chi connectivity index (χ3v) is 2.77. The zero-order chi connectivity index (χ0) is 14.9. The van der Waals surface area contributed by atoms with E-state index < -0.39 is 0 Å². The molecule has 0 bridgehead atoms. The van der Waals surface area contributed by atoms with Crippen LogP contribution in [-0.2, 0) is 13.1 Å². The van der Waals surface area contributed by atoms with Gasteiger partial charge in [0.15, 0.2) is 0 Å². The summed E-state index contributed by atoms with van der Waals surface area (Å²) in [5.41, 5.74) is 0.651. The number of nitrogens with zero attached hydrogens (tertiary/aromatic N) is 2. The second-order valence-corrected chi connectivity index (χ2v) is 5.48. The molecule has 1 aromatic heterocycles. The Labute approximate surface area is 117 Å². The Balaban J connectivity index is 2.00. The standard InChI is InChI=1S/C13H20N4O3/c1-7(2)14-11(18)12-16-9-5-17(6-10(9)20-12)13(19)15-8(3)4/h7-8H,5-6H2,1-4H3,(H,14,18)(H,15,19). The van der Waals surface area contributed by atoms with Crippen LogP contribution in [0.3, 0.4) is 0 Å². The van der Waals surface area contributed by atoms with Crippen LogP contribution in [0.25, 0.3) is 0 Å². The van der Waals surface area contributed by atoms with Crippen LogP contribution in [0, 0.1) is 0 Å². The molecule has 2 N–H and O–H groups in total. The molecule has 7 nitrogen and oxygen atoms in total. The zero-order valence-corrected chi connectivity index (χ0v) is 12.2. The maximum atomic E-state index is 11.9. The first-order valence-corrected chi connectivity index (χ1v) is 6.71. The van der Waals surface area contributed by atoms with Gasteiger partial charge in [0, 0.05) is 12.1 Å². The quantitative estimate of drug-likeness (QED) is 0.872. The van der Waals surface area contributed by atoms with E-state index in [1.54, 1.807) is 4.90 Å². The van der Waals surface area contributed by atoms with Crippen molar-refractivity contribution < 1.29 is 14.0 Å². The van der Waals surface area contributed by atoms with Crippen molar-refractivity contribution in [2.75, 3.05) is 0 Å². The molecule has 0 unspecified atom stereocenters. The van der Waals surface area contributed by atoms with Crippen LogP contribution in [0.4, 0.5) is 4.79 Å². The lowest BCUT2D eigenvalue weighted by Gasteiger charge is -2.17. The molecule has 0 radical (unpaired) electrons. The van der Waals surface area contributed by atoms with E-state index in [4.69, 9.17) is 4.42 Å². The van der Waals surface area contributed by atoms with Crippen molar-refractivity contribution in [3.05, 3.63) is 17.3 Å². The van der Waals surface area contributed by atoms with Crippen LogP contribution in [0.5, 0.6) is 0 Å². The number of fused-ring (bicyclic) bond motifs is 1. The lowest BCUT2D eigenvalue weighted by molar-refractivity contribution is 0.0904. The molecule has 110 valence electrons. The van der Waals surface area contributed by atoms with Gasteiger partial charge in [-0.3, -0.25) is 4.79 Å². The lowest BCUT2D eigenvalue weighted by atomic mass is 10.4. The number of carbonyl (C=O) groups is 2. The third-order valence-electron chi connectivity index (χ3n) is 2.77. The Kier molecular flexibility index (Phi) is 3.96. The Hall–Kier alpha value is -2.05. The SMILES string of the molecule is CC(C)NC(=O)c1nc2c(o1)CN(C(=O)NC(C)C)C2. The number of hydrogen-bond acceptors (Lipinski definition) is 4. The average Bonchev–Trinajstić information content (AvgIpc) is 2.83. The van der Waals surface area contributed by atoms with Crippen molar-refractivity contribution in [3.8, 4) is 0 Å². The molecule has 7 heteroatoms. The molecule has 0 fully saturated rings. The predicted molar refractivity (Wildman–Crippen MR) is 72.0 cm³/mol. The first-order valence-electron chi connectivity index (χ1n) is 6.71. The first kappa shape index (κ1) is 14.4. The average molecular weight is 280 g/mol. The normalized spacial score (nSPS) is 13.8. The van der Waals surface area contributed by atoms with Gasteiger partial charge in [0.05, 0.1) is 13.1 Å². The fourth-order valence-electron chi connectivity index (χ4n) is 1.94. The number of hydrogen-bond donors (Lipinski definition) is 2. The molecule has 0 aliphatic carbocycles. The third kappa shape index (κ3) is 3.09. The molecule has 0 aromatic carbocycles. The van der Waals surface area contributed by atoms with Crippen LogP contribution >= 0.6 is 0 Å². The fourth-order valence-corrected chi connectivity index (χ4v) is 1.94. The summed E-state index contributed by atoms with van der Waals surface area (Å²) in [7, 11) is 0. The number of carbonyl (C=O) groups excluding carboxylic acids is 2. The molecule has 0 atom stereocenters. The Morgan fingerprint density at radius 2 is 1.80 bits per heavy atom. The molecule has 2 heterocycles. The summed E-state index contributed by atoms with van der Waals surface area (Å²) in [6.45, 7) is 8.25. The molecule has 3 amide bonds. The van der Waals surface area contributed by atoms with Gasteiger partial charge in [-0.2, -0.15) is 0 Å². The van der Waals surface area contributed by atoms with Crippen molar-refractivity contribution in [2.24, 2.45) is 0 Å². The summed E-state index contributed by atoms with van der Waals surface area (Å²) >= 11 is 0. The van der Waals surface area contributed by atoms with Crippen LogP contribution in [0.15, 0.2) is 4.42 Å². The van der Waals surface area contributed by atoms with Gasteiger partial charge in [0.2, 0.25) is 0 Å². The van der Waals surface area contributed by atoms with Crippen molar-refractivity contribution in [3.63, 3.8) is 0 Å². The number of oxazole rings is 1. The highest BCUT2D eigenvalue weighted by molar-refractivity contribution is 5.90. The summed E-state index contributed by atoms with van der Waals surface area (Å²) in [6, 6.07) is -0.0475. The van der Waals surface area contributed by atoms with E-state index in [2.05, 4.69) is 15.6 Å². The van der Waals surface area contributed by atoms with Crippen LogP contribution in [0.1, 0.15) is 49.8 Å². The summed E-state index contributed by atoms with van der Waals surface area (Å²) in [6.07, 6.45) is 0. The summed E-state index contributed by atoms with van der Waals surface area (Å²) in [5, 5.41) is 5.53. The highest BCUT2D eigenvalue weighted by Crippen LogP contribution is 2.23. The number of aromatic nitrogens is 1. The maximum absolute atomic E-state index is 11.9. The second kappa shape index (κ2) is 5.52. The Bertz CT molecular complexity index is 498. The summed E-state index contributed by atoms with van der Waals surface area (Å²) in [4.78, 5) is 29.4. The van der Waals surface area contributed by atoms with Crippen LogP contribution < -0.4 is 10.6 Å². The van der Waals surface area contributed by atoms with Crippen molar-refractivity contribution >= 4 is 11.9 Å². The van der Waals surface area contributed by atoms with Crippen molar-refractivity contribution in [1.82, 2.24) is 20.5 Å². The highest BCUT2D eigenvalue weighted by Gasteiger charge is 2.30. The Morgan fingerprint density at radius 3 is 2.35 bits per heavy atom. The van der Waals surface area contributed by atoms with E-state index in [0.717, 1.165) is 0 Å². The van der Waals surface area contributed by atoms with Gasteiger partial charge in [-0.15, -0.1) is 0 Å². The zero-order valence-electron chi connectivity index (χ0n) is 12.2. The lowest BCUT2D eigenvalue weighted by Crippen LogP contribution is -2.40. The van der Waals surface area contributed by atoms with Gasteiger partial charge in [-0.05, 0) is 27.7 Å². The molecule has 1 aliphatic heterocycles. The molecule has 2 rings (SSSR count). The molecule has 20 heavy (non-hydrogen) atoms.